The molecule has 6 rings (SSSR count). The number of aryl methyl sites for hydroxylation is 1. The zero-order chi connectivity index (χ0) is 29.1. The molecule has 1 N–H and O–H groups in total. The van der Waals surface area contributed by atoms with Crippen LogP contribution in [0.2, 0.25) is 5.02 Å². The van der Waals surface area contributed by atoms with Gasteiger partial charge < -0.3 is 24.5 Å². The molecule has 0 aliphatic carbocycles. The number of carbonyl (C=O) groups is 3. The summed E-state index contributed by atoms with van der Waals surface area (Å²) >= 11 is 6.65. The average molecular weight is 576 g/mol. The predicted molar refractivity (Wildman–Crippen MR) is 155 cm³/mol. The van der Waals surface area contributed by atoms with Gasteiger partial charge >= 0.3 is 0 Å². The third kappa shape index (κ3) is 3.91. The highest BCUT2D eigenvalue weighted by molar-refractivity contribution is 6.34. The van der Waals surface area contributed by atoms with Crippen molar-refractivity contribution in [1.82, 2.24) is 9.80 Å². The molecule has 0 saturated carbocycles. The number of aliphatic hydroxyl groups excluding tert-OH is 1. The van der Waals surface area contributed by atoms with E-state index in [9.17, 15) is 19.5 Å². The summed E-state index contributed by atoms with van der Waals surface area (Å²) in [5, 5.41) is 11.1. The molecule has 2 aromatic carbocycles. The minimum absolute atomic E-state index is 0.197. The smallest absolute Gasteiger partial charge is 0.253 e. The van der Waals surface area contributed by atoms with Crippen molar-refractivity contribution in [2.24, 2.45) is 11.8 Å². The van der Waals surface area contributed by atoms with Crippen LogP contribution in [0.3, 0.4) is 0 Å². The molecule has 6 atom stereocenters. The maximum absolute atomic E-state index is 14.8. The van der Waals surface area contributed by atoms with Gasteiger partial charge in [-0.05, 0) is 30.5 Å². The Kier molecular flexibility index (Phi) is 6.83. The summed E-state index contributed by atoms with van der Waals surface area (Å²) in [6, 6.07) is 12.6. The van der Waals surface area contributed by atoms with E-state index >= 15 is 0 Å². The van der Waals surface area contributed by atoms with Crippen LogP contribution in [-0.2, 0) is 19.1 Å². The molecule has 2 saturated heterocycles. The quantitative estimate of drug-likeness (QED) is 0.550. The van der Waals surface area contributed by atoms with Crippen molar-refractivity contribution in [3.05, 3.63) is 89.0 Å². The molecule has 2 fully saturated rings. The van der Waals surface area contributed by atoms with Crippen LogP contribution < -0.4 is 4.90 Å². The molecule has 1 unspecified atom stereocenters. The number of nitrogens with zero attached hydrogens (tertiary/aromatic N) is 3. The van der Waals surface area contributed by atoms with Crippen molar-refractivity contribution >= 4 is 35.0 Å². The second kappa shape index (κ2) is 10.1. The molecule has 1 spiro atoms. The lowest BCUT2D eigenvalue weighted by Gasteiger charge is -2.41. The summed E-state index contributed by atoms with van der Waals surface area (Å²) < 4.78 is 7.00. The molecule has 4 heterocycles. The van der Waals surface area contributed by atoms with Gasteiger partial charge in [0.05, 0.1) is 40.8 Å². The number of halogens is 1. The van der Waals surface area contributed by atoms with Gasteiger partial charge in [-0.15, -0.1) is 0 Å². The van der Waals surface area contributed by atoms with E-state index in [1.165, 1.54) is 4.90 Å². The number of likely N-dealkylation sites (tertiary alicyclic amines) is 1. The first-order valence-corrected chi connectivity index (χ1v) is 14.4. The third-order valence-corrected chi connectivity index (χ3v) is 9.54. The van der Waals surface area contributed by atoms with E-state index in [4.69, 9.17) is 16.3 Å². The summed E-state index contributed by atoms with van der Waals surface area (Å²) in [7, 11) is 1.72. The zero-order valence-electron chi connectivity index (χ0n) is 23.4. The van der Waals surface area contributed by atoms with E-state index in [-0.39, 0.29) is 24.3 Å². The summed E-state index contributed by atoms with van der Waals surface area (Å²) in [5.74, 6) is -2.75. The van der Waals surface area contributed by atoms with E-state index in [1.807, 2.05) is 80.6 Å². The Bertz CT molecular complexity index is 1440. The normalized spacial score (nSPS) is 31.6. The van der Waals surface area contributed by atoms with E-state index in [0.717, 1.165) is 5.56 Å². The van der Waals surface area contributed by atoms with E-state index in [1.54, 1.807) is 22.9 Å². The Morgan fingerprint density at radius 1 is 0.976 bits per heavy atom. The number of likely N-dealkylation sites (N-methyl/N-ethyl adjacent to an activating group) is 1. The Balaban J connectivity index is 1.58. The molecular weight excluding hydrogens is 542 g/mol. The van der Waals surface area contributed by atoms with Crippen LogP contribution in [0.15, 0.2) is 72.8 Å². The minimum Gasteiger partial charge on any atom is -0.394 e. The highest BCUT2D eigenvalue weighted by Crippen LogP contribution is 2.60. The lowest BCUT2D eigenvalue weighted by atomic mass is 9.73. The summed E-state index contributed by atoms with van der Waals surface area (Å²) in [4.78, 5) is 48.2. The van der Waals surface area contributed by atoms with Gasteiger partial charge in [-0.25, -0.2) is 0 Å². The number of rotatable bonds is 5. The molecule has 41 heavy (non-hydrogen) atoms. The van der Waals surface area contributed by atoms with Gasteiger partial charge in [0.25, 0.3) is 5.91 Å². The number of amides is 3. The third-order valence-electron chi connectivity index (χ3n) is 9.23. The van der Waals surface area contributed by atoms with Crippen LogP contribution in [0.5, 0.6) is 0 Å². The van der Waals surface area contributed by atoms with Crippen LogP contribution in [0.4, 0.5) is 5.69 Å². The van der Waals surface area contributed by atoms with Crippen LogP contribution in [0.1, 0.15) is 30.5 Å². The van der Waals surface area contributed by atoms with Crippen LogP contribution in [-0.4, -0.2) is 76.6 Å². The first kappa shape index (κ1) is 27.7. The van der Waals surface area contributed by atoms with Crippen molar-refractivity contribution in [1.29, 1.82) is 0 Å². The highest BCUT2D eigenvalue weighted by atomic mass is 35.5. The lowest BCUT2D eigenvalue weighted by Crippen LogP contribution is -2.57. The highest BCUT2D eigenvalue weighted by Gasteiger charge is 2.76. The van der Waals surface area contributed by atoms with Crippen LogP contribution in [0.25, 0.3) is 0 Å². The summed E-state index contributed by atoms with van der Waals surface area (Å²) in [6.07, 6.45) is 7.91. The van der Waals surface area contributed by atoms with Gasteiger partial charge in [0.1, 0.15) is 11.6 Å². The van der Waals surface area contributed by atoms with Crippen molar-refractivity contribution in [3.63, 3.8) is 0 Å². The Labute approximate surface area is 244 Å². The van der Waals surface area contributed by atoms with Crippen molar-refractivity contribution in [2.75, 3.05) is 31.6 Å². The Morgan fingerprint density at radius 3 is 2.39 bits per heavy atom. The second-order valence-electron chi connectivity index (χ2n) is 11.4. The second-order valence-corrected chi connectivity index (χ2v) is 11.8. The number of anilines is 1. The maximum atomic E-state index is 14.8. The fourth-order valence-electron chi connectivity index (χ4n) is 7.35. The van der Waals surface area contributed by atoms with Gasteiger partial charge in [0.15, 0.2) is 0 Å². The number of fused-ring (bicyclic) bond motifs is 2. The van der Waals surface area contributed by atoms with E-state index < -0.39 is 41.7 Å². The van der Waals surface area contributed by atoms with Gasteiger partial charge in [-0.2, -0.15) is 0 Å². The monoisotopic (exact) mass is 575 g/mol. The summed E-state index contributed by atoms with van der Waals surface area (Å²) in [6.45, 7) is 4.03. The minimum atomic E-state index is -1.43. The van der Waals surface area contributed by atoms with Crippen molar-refractivity contribution < 1.29 is 24.2 Å². The van der Waals surface area contributed by atoms with Crippen molar-refractivity contribution in [2.45, 2.75) is 43.6 Å². The molecule has 0 aromatic heterocycles. The predicted octanol–water partition coefficient (Wildman–Crippen LogP) is 3.67. The average Bonchev–Trinajstić information content (AvgIpc) is 3.27. The Morgan fingerprint density at radius 2 is 1.71 bits per heavy atom. The molecule has 9 heteroatoms. The fourth-order valence-corrected chi connectivity index (χ4v) is 7.68. The maximum Gasteiger partial charge on any atom is 0.253 e. The molecule has 0 bridgehead atoms. The molecule has 2 aromatic rings. The van der Waals surface area contributed by atoms with E-state index in [2.05, 4.69) is 0 Å². The van der Waals surface area contributed by atoms with Crippen LogP contribution in [0, 0.1) is 18.8 Å². The SMILES string of the molecule is CC[C@]12C=CCN(C)C(=O)[C@H]1[C@H]1C(=O)N([C@H](CO)c3ccccc3)C3C(=O)N(c4c(C)cccc4Cl)CC=C[C@@]31O2. The molecule has 8 nitrogen and oxygen atoms in total. The number of benzene rings is 2. The number of hydrogen-bond acceptors (Lipinski definition) is 5. The van der Waals surface area contributed by atoms with Crippen molar-refractivity contribution in [3.8, 4) is 0 Å². The van der Waals surface area contributed by atoms with Gasteiger partial charge in [-0.1, -0.05) is 85.3 Å². The standard InChI is InChI=1S/C32H34ClN3O5/c1-4-31-15-9-17-34(3)28(38)24(31)25-29(39)36(23(19-37)21-12-6-5-7-13-21)27-30(40)35(18-10-16-32(25,27)41-31)26-20(2)11-8-14-22(26)33/h5-16,23-25,27,37H,4,17-19H2,1-3H3/t23-,24-,25+,27?,31+,32+/m1/s1. The molecule has 214 valence electrons. The summed E-state index contributed by atoms with van der Waals surface area (Å²) in [5.41, 5.74) is -0.435. The zero-order valence-corrected chi connectivity index (χ0v) is 24.1. The topological polar surface area (TPSA) is 90.4 Å². The largest absolute Gasteiger partial charge is 0.394 e. The van der Waals surface area contributed by atoms with Crippen LogP contribution >= 0.6 is 11.6 Å². The Hall–Kier alpha value is -3.46. The first-order valence-electron chi connectivity index (χ1n) is 14.1. The number of para-hydroxylation sites is 1. The first-order chi connectivity index (χ1) is 19.7. The molecule has 4 aliphatic heterocycles. The van der Waals surface area contributed by atoms with Gasteiger partial charge in [0.2, 0.25) is 11.8 Å². The van der Waals surface area contributed by atoms with Gasteiger partial charge in [0, 0.05) is 20.1 Å². The van der Waals surface area contributed by atoms with E-state index in [0.29, 0.717) is 29.2 Å². The molecular formula is C32H34ClN3O5. The molecule has 0 radical (unpaired) electrons. The fraction of sp³-hybridized carbons (Fsp3) is 0.406. The molecule has 3 amide bonds. The van der Waals surface area contributed by atoms with Gasteiger partial charge in [-0.3, -0.25) is 14.4 Å². The number of aliphatic hydroxyl groups is 1. The lowest BCUT2D eigenvalue weighted by molar-refractivity contribution is -0.152. The molecule has 4 aliphatic rings. The number of carbonyl (C=O) groups excluding carboxylic acids is 3. The number of hydrogen-bond donors (Lipinski definition) is 1. The number of ether oxygens (including phenoxy) is 1.